The lowest BCUT2D eigenvalue weighted by atomic mass is 10.2. The molecular weight excluding hydrogens is 438 g/mol. The summed E-state index contributed by atoms with van der Waals surface area (Å²) in [5.41, 5.74) is 0.563. The summed E-state index contributed by atoms with van der Waals surface area (Å²) in [7, 11) is 2.94. The molecule has 2 rings (SSSR count). The molecule has 2 aromatic rings. The molecule has 1 N–H and O–H groups in total. The SMILES string of the molecule is CCOc1ccc(NC(=O)C(N=Nc2cccc(OC)c2OC)C(C)=O)c(Cl)c1OCC. The van der Waals surface area contributed by atoms with Crippen LogP contribution in [0.1, 0.15) is 20.8 Å². The van der Waals surface area contributed by atoms with E-state index < -0.39 is 17.7 Å². The highest BCUT2D eigenvalue weighted by molar-refractivity contribution is 6.35. The van der Waals surface area contributed by atoms with Gasteiger partial charge in [-0.1, -0.05) is 17.7 Å². The summed E-state index contributed by atoms with van der Waals surface area (Å²) in [5, 5.41) is 10.7. The van der Waals surface area contributed by atoms with Crippen molar-refractivity contribution in [3.05, 3.63) is 35.4 Å². The summed E-state index contributed by atoms with van der Waals surface area (Å²) < 4.78 is 21.6. The maximum Gasteiger partial charge on any atom is 0.258 e. The van der Waals surface area contributed by atoms with Crippen LogP contribution in [0.15, 0.2) is 40.6 Å². The van der Waals surface area contributed by atoms with Gasteiger partial charge < -0.3 is 24.3 Å². The van der Waals surface area contributed by atoms with Crippen molar-refractivity contribution in [3.63, 3.8) is 0 Å². The van der Waals surface area contributed by atoms with Gasteiger partial charge in [-0.2, -0.15) is 10.2 Å². The van der Waals surface area contributed by atoms with Gasteiger partial charge in [0.2, 0.25) is 6.04 Å². The Morgan fingerprint density at radius 1 is 1.00 bits per heavy atom. The summed E-state index contributed by atoms with van der Waals surface area (Å²) in [6.07, 6.45) is 0. The first-order valence-corrected chi connectivity index (χ1v) is 10.3. The molecule has 172 valence electrons. The Hall–Kier alpha value is -3.33. The predicted octanol–water partition coefficient (Wildman–Crippen LogP) is 4.83. The lowest BCUT2D eigenvalue weighted by molar-refractivity contribution is -0.126. The number of para-hydroxylation sites is 1. The average molecular weight is 464 g/mol. The zero-order valence-electron chi connectivity index (χ0n) is 18.6. The molecule has 9 nitrogen and oxygen atoms in total. The molecule has 0 radical (unpaired) electrons. The molecule has 0 aromatic heterocycles. The van der Waals surface area contributed by atoms with Crippen molar-refractivity contribution in [2.45, 2.75) is 26.8 Å². The Kier molecular flexibility index (Phi) is 9.27. The zero-order chi connectivity index (χ0) is 23.7. The van der Waals surface area contributed by atoms with Crippen LogP contribution in [0.3, 0.4) is 0 Å². The van der Waals surface area contributed by atoms with Gasteiger partial charge in [-0.05, 0) is 45.0 Å². The second kappa shape index (κ2) is 11.9. The molecule has 1 atom stereocenters. The van der Waals surface area contributed by atoms with Gasteiger partial charge in [0.1, 0.15) is 10.7 Å². The van der Waals surface area contributed by atoms with E-state index in [0.29, 0.717) is 41.9 Å². The number of rotatable bonds is 11. The van der Waals surface area contributed by atoms with E-state index in [2.05, 4.69) is 15.5 Å². The molecule has 0 bridgehead atoms. The fraction of sp³-hybridized carbons (Fsp3) is 0.364. The van der Waals surface area contributed by atoms with Crippen LogP contribution in [0.5, 0.6) is 23.0 Å². The number of ether oxygens (including phenoxy) is 4. The Morgan fingerprint density at radius 3 is 2.31 bits per heavy atom. The number of hydrogen-bond donors (Lipinski definition) is 1. The van der Waals surface area contributed by atoms with E-state index in [0.717, 1.165) is 0 Å². The number of carbonyl (C=O) groups is 2. The van der Waals surface area contributed by atoms with Crippen LogP contribution < -0.4 is 24.3 Å². The van der Waals surface area contributed by atoms with Crippen molar-refractivity contribution in [3.8, 4) is 23.0 Å². The normalized spacial score (nSPS) is 11.7. The van der Waals surface area contributed by atoms with Crippen LogP contribution >= 0.6 is 11.6 Å². The quantitative estimate of drug-likeness (QED) is 0.377. The van der Waals surface area contributed by atoms with Crippen molar-refractivity contribution >= 4 is 34.7 Å². The first-order chi connectivity index (χ1) is 15.4. The smallest absolute Gasteiger partial charge is 0.258 e. The van der Waals surface area contributed by atoms with Gasteiger partial charge in [0, 0.05) is 0 Å². The number of nitrogens with one attached hydrogen (secondary N) is 1. The molecule has 0 heterocycles. The van der Waals surface area contributed by atoms with Crippen LogP contribution in [0.25, 0.3) is 0 Å². The van der Waals surface area contributed by atoms with Gasteiger partial charge in [-0.15, -0.1) is 0 Å². The van der Waals surface area contributed by atoms with E-state index in [1.807, 2.05) is 6.92 Å². The third kappa shape index (κ3) is 5.88. The Morgan fingerprint density at radius 2 is 1.72 bits per heavy atom. The first-order valence-electron chi connectivity index (χ1n) is 9.89. The summed E-state index contributed by atoms with van der Waals surface area (Å²) in [6, 6.07) is 6.79. The number of nitrogens with zero attached hydrogens (tertiary/aromatic N) is 2. The monoisotopic (exact) mass is 463 g/mol. The highest BCUT2D eigenvalue weighted by atomic mass is 35.5. The van der Waals surface area contributed by atoms with E-state index in [1.54, 1.807) is 37.3 Å². The molecular formula is C22H26ClN3O6. The molecule has 0 aliphatic carbocycles. The summed E-state index contributed by atoms with van der Waals surface area (Å²) in [4.78, 5) is 24.9. The van der Waals surface area contributed by atoms with Crippen LogP contribution in [0.4, 0.5) is 11.4 Å². The van der Waals surface area contributed by atoms with Crippen molar-refractivity contribution < 1.29 is 28.5 Å². The number of amides is 1. The zero-order valence-corrected chi connectivity index (χ0v) is 19.4. The predicted molar refractivity (Wildman–Crippen MR) is 121 cm³/mol. The Labute approximate surface area is 191 Å². The van der Waals surface area contributed by atoms with E-state index >= 15 is 0 Å². The Balaban J connectivity index is 2.31. The van der Waals surface area contributed by atoms with E-state index in [1.165, 1.54) is 21.1 Å². The molecule has 0 spiro atoms. The highest BCUT2D eigenvalue weighted by Crippen LogP contribution is 2.41. The van der Waals surface area contributed by atoms with Crippen molar-refractivity contribution in [2.75, 3.05) is 32.8 Å². The number of Topliss-reactive ketones (excluding diaryl/α,β-unsaturated/α-hetero) is 1. The number of ketones is 1. The fourth-order valence-corrected chi connectivity index (χ4v) is 3.03. The number of benzene rings is 2. The van der Waals surface area contributed by atoms with Crippen molar-refractivity contribution in [1.29, 1.82) is 0 Å². The van der Waals surface area contributed by atoms with Crippen LogP contribution in [0, 0.1) is 0 Å². The highest BCUT2D eigenvalue weighted by Gasteiger charge is 2.25. The van der Waals surface area contributed by atoms with E-state index in [9.17, 15) is 9.59 Å². The van der Waals surface area contributed by atoms with Crippen LogP contribution in [-0.4, -0.2) is 45.2 Å². The molecule has 1 amide bonds. The summed E-state index contributed by atoms with van der Waals surface area (Å²) >= 11 is 6.41. The number of azo groups is 1. The molecule has 0 saturated heterocycles. The number of carbonyl (C=O) groups excluding carboxylic acids is 2. The summed E-state index contributed by atoms with van der Waals surface area (Å²) in [5.74, 6) is 0.327. The molecule has 0 saturated carbocycles. The second-order valence-corrected chi connectivity index (χ2v) is 6.73. The van der Waals surface area contributed by atoms with Gasteiger partial charge >= 0.3 is 0 Å². The minimum Gasteiger partial charge on any atom is -0.493 e. The second-order valence-electron chi connectivity index (χ2n) is 6.35. The van der Waals surface area contributed by atoms with Crippen molar-refractivity contribution in [1.82, 2.24) is 0 Å². The third-order valence-electron chi connectivity index (χ3n) is 4.20. The number of hydrogen-bond acceptors (Lipinski definition) is 8. The van der Waals surface area contributed by atoms with Crippen LogP contribution in [0.2, 0.25) is 5.02 Å². The van der Waals surface area contributed by atoms with Gasteiger partial charge in [0.15, 0.2) is 28.8 Å². The van der Waals surface area contributed by atoms with Gasteiger partial charge in [0.25, 0.3) is 5.91 Å². The first kappa shape index (κ1) is 24.9. The van der Waals surface area contributed by atoms with Crippen LogP contribution in [-0.2, 0) is 9.59 Å². The largest absolute Gasteiger partial charge is 0.493 e. The number of methoxy groups -OCH3 is 2. The molecule has 10 heteroatoms. The summed E-state index contributed by atoms with van der Waals surface area (Å²) in [6.45, 7) is 5.65. The molecule has 0 aliphatic rings. The molecule has 1 unspecified atom stereocenters. The Bertz CT molecular complexity index is 996. The van der Waals surface area contributed by atoms with Crippen molar-refractivity contribution in [2.24, 2.45) is 10.2 Å². The average Bonchev–Trinajstić information content (AvgIpc) is 2.77. The lowest BCUT2D eigenvalue weighted by Gasteiger charge is -2.16. The minimum absolute atomic E-state index is 0.153. The van der Waals surface area contributed by atoms with Gasteiger partial charge in [0.05, 0.1) is 33.1 Å². The maximum atomic E-state index is 12.8. The van der Waals surface area contributed by atoms with Gasteiger partial charge in [-0.3, -0.25) is 9.59 Å². The molecule has 0 fully saturated rings. The number of anilines is 1. The fourth-order valence-electron chi connectivity index (χ4n) is 2.77. The van der Waals surface area contributed by atoms with E-state index in [-0.39, 0.29) is 10.7 Å². The number of halogens is 1. The maximum absolute atomic E-state index is 12.8. The third-order valence-corrected chi connectivity index (χ3v) is 4.58. The standard InChI is InChI=1S/C22H26ClN3O6/c1-6-31-17-12-11-14(18(23)21(17)32-7-2)24-22(28)19(13(3)27)26-25-15-9-8-10-16(29-4)20(15)30-5/h8-12,19H,6-7H2,1-5H3,(H,24,28). The minimum atomic E-state index is -1.40. The molecule has 32 heavy (non-hydrogen) atoms. The molecule has 2 aromatic carbocycles. The van der Waals surface area contributed by atoms with E-state index in [4.69, 9.17) is 30.5 Å². The molecule has 0 aliphatic heterocycles. The lowest BCUT2D eigenvalue weighted by Crippen LogP contribution is -2.32. The van der Waals surface area contributed by atoms with Gasteiger partial charge in [-0.25, -0.2) is 0 Å². The topological polar surface area (TPSA) is 108 Å².